The SMILES string of the molecule is CCCOc1ccc(C(=O)N/N=C/c2ccc(OCC(=O)Nc3ccc(Cl)cc3)c(OCC)c2)cc1OCC. The molecule has 0 aliphatic carbocycles. The van der Waals surface area contributed by atoms with Gasteiger partial charge in [0.1, 0.15) is 0 Å². The number of hydrogen-bond acceptors (Lipinski definition) is 7. The summed E-state index contributed by atoms with van der Waals surface area (Å²) in [5.41, 5.74) is 4.17. The number of benzene rings is 3. The van der Waals surface area contributed by atoms with Crippen molar-refractivity contribution < 1.29 is 28.5 Å². The number of carbonyl (C=O) groups excluding carboxylic acids is 2. The predicted molar refractivity (Wildman–Crippen MR) is 152 cm³/mol. The van der Waals surface area contributed by atoms with E-state index in [9.17, 15) is 9.59 Å². The van der Waals surface area contributed by atoms with Crippen LogP contribution in [0.3, 0.4) is 0 Å². The van der Waals surface area contributed by atoms with E-state index in [2.05, 4.69) is 15.8 Å². The minimum atomic E-state index is -0.397. The molecule has 9 nitrogen and oxygen atoms in total. The summed E-state index contributed by atoms with van der Waals surface area (Å²) in [6.07, 6.45) is 2.35. The summed E-state index contributed by atoms with van der Waals surface area (Å²) in [6.45, 7) is 6.90. The molecule has 0 radical (unpaired) electrons. The molecule has 0 aromatic heterocycles. The molecule has 10 heteroatoms. The van der Waals surface area contributed by atoms with E-state index >= 15 is 0 Å². The van der Waals surface area contributed by atoms with Crippen LogP contribution in [0.5, 0.6) is 23.0 Å². The minimum absolute atomic E-state index is 0.210. The second-order valence-corrected chi connectivity index (χ2v) is 8.56. The van der Waals surface area contributed by atoms with Gasteiger partial charge in [-0.05, 0) is 86.5 Å². The maximum atomic E-state index is 12.6. The molecule has 0 unspecified atom stereocenters. The van der Waals surface area contributed by atoms with E-state index in [0.29, 0.717) is 64.7 Å². The first kappa shape index (κ1) is 29.3. The van der Waals surface area contributed by atoms with E-state index < -0.39 is 5.91 Å². The molecule has 39 heavy (non-hydrogen) atoms. The van der Waals surface area contributed by atoms with Crippen LogP contribution < -0.4 is 29.7 Å². The van der Waals surface area contributed by atoms with E-state index in [1.807, 2.05) is 20.8 Å². The van der Waals surface area contributed by atoms with Crippen molar-refractivity contribution in [2.24, 2.45) is 5.10 Å². The summed E-state index contributed by atoms with van der Waals surface area (Å²) in [5.74, 6) is 1.21. The zero-order valence-corrected chi connectivity index (χ0v) is 22.9. The van der Waals surface area contributed by atoms with Crippen LogP contribution in [0, 0.1) is 0 Å². The molecule has 0 fully saturated rings. The number of amides is 2. The first-order chi connectivity index (χ1) is 18.9. The van der Waals surface area contributed by atoms with Crippen LogP contribution in [-0.4, -0.2) is 44.5 Å². The van der Waals surface area contributed by atoms with Gasteiger partial charge >= 0.3 is 0 Å². The number of nitrogens with one attached hydrogen (secondary N) is 2. The third-order valence-electron chi connectivity index (χ3n) is 5.10. The molecule has 0 saturated carbocycles. The molecule has 0 bridgehead atoms. The molecule has 0 atom stereocenters. The van der Waals surface area contributed by atoms with E-state index in [1.54, 1.807) is 60.7 Å². The summed E-state index contributed by atoms with van der Waals surface area (Å²) in [5, 5.41) is 7.37. The Morgan fingerprint density at radius 1 is 0.821 bits per heavy atom. The van der Waals surface area contributed by atoms with E-state index in [1.165, 1.54) is 6.21 Å². The highest BCUT2D eigenvalue weighted by Gasteiger charge is 2.12. The lowest BCUT2D eigenvalue weighted by Gasteiger charge is -2.13. The van der Waals surface area contributed by atoms with E-state index in [-0.39, 0.29) is 12.5 Å². The van der Waals surface area contributed by atoms with Gasteiger partial charge in [0.2, 0.25) is 0 Å². The summed E-state index contributed by atoms with van der Waals surface area (Å²) in [4.78, 5) is 24.9. The van der Waals surface area contributed by atoms with Gasteiger partial charge in [-0.2, -0.15) is 5.10 Å². The Balaban J connectivity index is 1.61. The Kier molecular flexibility index (Phi) is 11.5. The number of halogens is 1. The first-order valence-corrected chi connectivity index (χ1v) is 13.0. The lowest BCUT2D eigenvalue weighted by Crippen LogP contribution is -2.20. The predicted octanol–water partition coefficient (Wildman–Crippen LogP) is 5.71. The van der Waals surface area contributed by atoms with Crippen molar-refractivity contribution in [2.75, 3.05) is 31.7 Å². The largest absolute Gasteiger partial charge is 0.490 e. The topological polar surface area (TPSA) is 107 Å². The second-order valence-electron chi connectivity index (χ2n) is 8.13. The highest BCUT2D eigenvalue weighted by atomic mass is 35.5. The third-order valence-corrected chi connectivity index (χ3v) is 5.35. The highest BCUT2D eigenvalue weighted by molar-refractivity contribution is 6.30. The zero-order chi connectivity index (χ0) is 28.0. The van der Waals surface area contributed by atoms with Crippen LogP contribution >= 0.6 is 11.6 Å². The Bertz CT molecular complexity index is 1280. The van der Waals surface area contributed by atoms with Gasteiger partial charge in [0, 0.05) is 16.3 Å². The Labute approximate surface area is 233 Å². The number of anilines is 1. The molecular weight excluding hydrogens is 522 g/mol. The molecule has 0 aliphatic rings. The van der Waals surface area contributed by atoms with Gasteiger partial charge in [0.25, 0.3) is 11.8 Å². The number of hydrazone groups is 1. The number of nitrogens with zero attached hydrogens (tertiary/aromatic N) is 1. The molecular formula is C29H32ClN3O6. The third kappa shape index (κ3) is 9.22. The van der Waals surface area contributed by atoms with E-state index in [4.69, 9.17) is 30.5 Å². The second kappa shape index (κ2) is 15.2. The Morgan fingerprint density at radius 3 is 2.18 bits per heavy atom. The average molecular weight is 554 g/mol. The van der Waals surface area contributed by atoms with Gasteiger partial charge in [-0.3, -0.25) is 9.59 Å². The molecule has 0 heterocycles. The molecule has 0 spiro atoms. The highest BCUT2D eigenvalue weighted by Crippen LogP contribution is 2.29. The van der Waals surface area contributed by atoms with Crippen LogP contribution in [0.15, 0.2) is 65.8 Å². The standard InChI is InChI=1S/C29H32ClN3O6/c1-4-15-38-24-14-8-21(17-27(24)37-6-3)29(35)33-31-18-20-7-13-25(26(16-20)36-5-2)39-19-28(34)32-23-11-9-22(30)10-12-23/h7-14,16-18H,4-6,15,19H2,1-3H3,(H,32,34)(H,33,35)/b31-18+. The summed E-state index contributed by atoms with van der Waals surface area (Å²) < 4.78 is 22.6. The molecule has 206 valence electrons. The first-order valence-electron chi connectivity index (χ1n) is 12.6. The maximum absolute atomic E-state index is 12.6. The fourth-order valence-electron chi connectivity index (χ4n) is 3.34. The van der Waals surface area contributed by atoms with Crippen LogP contribution in [0.1, 0.15) is 43.1 Å². The number of ether oxygens (including phenoxy) is 4. The number of carbonyl (C=O) groups is 2. The van der Waals surface area contributed by atoms with Gasteiger partial charge in [-0.15, -0.1) is 0 Å². The minimum Gasteiger partial charge on any atom is -0.490 e. The maximum Gasteiger partial charge on any atom is 0.271 e. The molecule has 3 rings (SSSR count). The normalized spacial score (nSPS) is 10.7. The van der Waals surface area contributed by atoms with Gasteiger partial charge < -0.3 is 24.3 Å². The summed E-state index contributed by atoms with van der Waals surface area (Å²) in [6, 6.07) is 16.9. The Hall–Kier alpha value is -4.24. The van der Waals surface area contributed by atoms with Gasteiger partial charge in [0.05, 0.1) is 26.0 Å². The molecule has 3 aromatic carbocycles. The van der Waals surface area contributed by atoms with Crippen LogP contribution in [-0.2, 0) is 4.79 Å². The van der Waals surface area contributed by atoms with Crippen LogP contribution in [0.4, 0.5) is 5.69 Å². The van der Waals surface area contributed by atoms with Crippen molar-refractivity contribution in [1.82, 2.24) is 5.43 Å². The van der Waals surface area contributed by atoms with E-state index in [0.717, 1.165) is 6.42 Å². The number of hydrogen-bond donors (Lipinski definition) is 2. The van der Waals surface area contributed by atoms with Crippen molar-refractivity contribution in [1.29, 1.82) is 0 Å². The van der Waals surface area contributed by atoms with Crippen molar-refractivity contribution >= 4 is 35.3 Å². The van der Waals surface area contributed by atoms with Gasteiger partial charge in [-0.1, -0.05) is 18.5 Å². The molecule has 0 aliphatic heterocycles. The lowest BCUT2D eigenvalue weighted by molar-refractivity contribution is -0.118. The summed E-state index contributed by atoms with van der Waals surface area (Å²) in [7, 11) is 0. The summed E-state index contributed by atoms with van der Waals surface area (Å²) >= 11 is 5.87. The van der Waals surface area contributed by atoms with Gasteiger partial charge in [0.15, 0.2) is 29.6 Å². The number of rotatable bonds is 14. The molecule has 2 amide bonds. The fourth-order valence-corrected chi connectivity index (χ4v) is 3.47. The van der Waals surface area contributed by atoms with Crippen LogP contribution in [0.2, 0.25) is 5.02 Å². The van der Waals surface area contributed by atoms with Crippen molar-refractivity contribution in [2.45, 2.75) is 27.2 Å². The zero-order valence-electron chi connectivity index (χ0n) is 22.2. The molecule has 0 saturated heterocycles. The smallest absolute Gasteiger partial charge is 0.271 e. The van der Waals surface area contributed by atoms with Gasteiger partial charge in [-0.25, -0.2) is 5.43 Å². The lowest BCUT2D eigenvalue weighted by atomic mass is 10.2. The van der Waals surface area contributed by atoms with Crippen molar-refractivity contribution in [3.05, 3.63) is 76.8 Å². The monoisotopic (exact) mass is 553 g/mol. The quantitative estimate of drug-likeness (QED) is 0.196. The Morgan fingerprint density at radius 2 is 1.49 bits per heavy atom. The molecule has 3 aromatic rings. The van der Waals surface area contributed by atoms with Crippen LogP contribution in [0.25, 0.3) is 0 Å². The van der Waals surface area contributed by atoms with Crippen molar-refractivity contribution in [3.8, 4) is 23.0 Å². The average Bonchev–Trinajstić information content (AvgIpc) is 2.93. The van der Waals surface area contributed by atoms with Crippen molar-refractivity contribution in [3.63, 3.8) is 0 Å². The fraction of sp³-hybridized carbons (Fsp3) is 0.276. The molecule has 2 N–H and O–H groups in total.